The normalized spacial score (nSPS) is 11.9. The Morgan fingerprint density at radius 2 is 1.88 bits per heavy atom. The third kappa shape index (κ3) is 6.33. The summed E-state index contributed by atoms with van der Waals surface area (Å²) in [7, 11) is 0. The number of aliphatic imine (C=N–C) groups is 1. The number of halogens is 4. The monoisotopic (exact) mass is 597 g/mol. The Hall–Kier alpha value is -2.44. The molecule has 0 saturated carbocycles. The Balaban J connectivity index is 1.40. The SMILES string of the molecule is O=C(CSc1nc2ccc(N=Cc3ccc(I)cc3)cc2s1)Nc1ccccc1C(F)(F)F. The highest BCUT2D eigenvalue weighted by Gasteiger charge is 2.33. The maximum atomic E-state index is 13.1. The topological polar surface area (TPSA) is 54.4 Å². The van der Waals surface area contributed by atoms with Crippen LogP contribution in [0.1, 0.15) is 11.1 Å². The molecule has 0 aliphatic heterocycles. The number of anilines is 1. The first kappa shape index (κ1) is 23.7. The van der Waals surface area contributed by atoms with E-state index >= 15 is 0 Å². The number of amides is 1. The van der Waals surface area contributed by atoms with Gasteiger partial charge in [0.25, 0.3) is 0 Å². The summed E-state index contributed by atoms with van der Waals surface area (Å²) >= 11 is 4.83. The Morgan fingerprint density at radius 1 is 1.12 bits per heavy atom. The first-order valence-electron chi connectivity index (χ1n) is 9.57. The Labute approximate surface area is 209 Å². The van der Waals surface area contributed by atoms with Crippen molar-refractivity contribution in [2.45, 2.75) is 10.5 Å². The van der Waals surface area contributed by atoms with Crippen LogP contribution in [0.15, 0.2) is 76.1 Å². The summed E-state index contributed by atoms with van der Waals surface area (Å²) in [5, 5.41) is 2.34. The number of thioether (sulfide) groups is 1. The number of para-hydroxylation sites is 1. The van der Waals surface area contributed by atoms with Crippen LogP contribution in [0.4, 0.5) is 24.5 Å². The third-order valence-corrected chi connectivity index (χ3v) is 7.30. The number of rotatable bonds is 6. The predicted octanol–water partition coefficient (Wildman–Crippen LogP) is 7.40. The third-order valence-electron chi connectivity index (χ3n) is 4.42. The van der Waals surface area contributed by atoms with E-state index in [2.05, 4.69) is 37.9 Å². The molecule has 3 aromatic carbocycles. The Bertz CT molecular complexity index is 1320. The Kier molecular flexibility index (Phi) is 7.35. The second kappa shape index (κ2) is 10.2. The molecule has 1 aromatic heterocycles. The minimum absolute atomic E-state index is 0.0518. The van der Waals surface area contributed by atoms with Gasteiger partial charge in [-0.25, -0.2) is 4.98 Å². The van der Waals surface area contributed by atoms with Crippen molar-refractivity contribution < 1.29 is 18.0 Å². The number of fused-ring (bicyclic) bond motifs is 1. The van der Waals surface area contributed by atoms with Crippen LogP contribution in [0.25, 0.3) is 10.2 Å². The molecule has 4 aromatic rings. The molecule has 0 atom stereocenters. The van der Waals surface area contributed by atoms with Gasteiger partial charge in [0, 0.05) is 9.78 Å². The number of aromatic nitrogens is 1. The van der Waals surface area contributed by atoms with Gasteiger partial charge < -0.3 is 5.32 Å². The molecule has 1 heterocycles. The van der Waals surface area contributed by atoms with E-state index in [0.29, 0.717) is 4.34 Å². The van der Waals surface area contributed by atoms with Crippen LogP contribution in [0, 0.1) is 3.57 Å². The predicted molar refractivity (Wildman–Crippen MR) is 137 cm³/mol. The van der Waals surface area contributed by atoms with E-state index in [1.165, 1.54) is 41.3 Å². The first-order valence-corrected chi connectivity index (χ1v) is 12.4. The molecule has 1 N–H and O–H groups in total. The number of alkyl halides is 3. The molecule has 0 aliphatic carbocycles. The highest BCUT2D eigenvalue weighted by molar-refractivity contribution is 14.1. The smallest absolute Gasteiger partial charge is 0.325 e. The van der Waals surface area contributed by atoms with Crippen LogP contribution < -0.4 is 5.32 Å². The quantitative estimate of drug-likeness (QED) is 0.143. The molecule has 1 amide bonds. The van der Waals surface area contributed by atoms with Gasteiger partial charge in [0.15, 0.2) is 4.34 Å². The van der Waals surface area contributed by atoms with Gasteiger partial charge in [-0.15, -0.1) is 11.3 Å². The van der Waals surface area contributed by atoms with Crippen LogP contribution in [0.2, 0.25) is 0 Å². The molecular weight excluding hydrogens is 582 g/mol. The summed E-state index contributed by atoms with van der Waals surface area (Å²) in [5.41, 5.74) is 1.42. The number of thiazole rings is 1. The second-order valence-corrected chi connectivity index (χ2v) is 10.3. The second-order valence-electron chi connectivity index (χ2n) is 6.82. The zero-order valence-electron chi connectivity index (χ0n) is 16.8. The van der Waals surface area contributed by atoms with Crippen molar-refractivity contribution in [1.82, 2.24) is 4.98 Å². The van der Waals surface area contributed by atoms with Crippen molar-refractivity contribution >= 4 is 79.4 Å². The van der Waals surface area contributed by atoms with Gasteiger partial charge in [0.1, 0.15) is 0 Å². The molecule has 0 spiro atoms. The fraction of sp³-hybridized carbons (Fsp3) is 0.0870. The minimum atomic E-state index is -4.54. The van der Waals surface area contributed by atoms with Crippen molar-refractivity contribution in [1.29, 1.82) is 0 Å². The van der Waals surface area contributed by atoms with Gasteiger partial charge in [-0.2, -0.15) is 13.2 Å². The van der Waals surface area contributed by atoms with Crippen LogP contribution in [-0.2, 0) is 11.0 Å². The highest BCUT2D eigenvalue weighted by atomic mass is 127. The molecule has 4 nitrogen and oxygen atoms in total. The van der Waals surface area contributed by atoms with Gasteiger partial charge in [0.2, 0.25) is 5.91 Å². The van der Waals surface area contributed by atoms with E-state index in [4.69, 9.17) is 0 Å². The van der Waals surface area contributed by atoms with Crippen molar-refractivity contribution in [3.63, 3.8) is 0 Å². The average Bonchev–Trinajstić information content (AvgIpc) is 3.19. The zero-order valence-corrected chi connectivity index (χ0v) is 20.6. The van der Waals surface area contributed by atoms with Gasteiger partial charge in [-0.05, 0) is 70.6 Å². The lowest BCUT2D eigenvalue weighted by Crippen LogP contribution is -2.18. The largest absolute Gasteiger partial charge is 0.418 e. The number of benzene rings is 3. The van der Waals surface area contributed by atoms with Gasteiger partial charge in [-0.1, -0.05) is 36.0 Å². The van der Waals surface area contributed by atoms with Crippen molar-refractivity contribution in [2.24, 2.45) is 4.99 Å². The number of nitrogens with one attached hydrogen (secondary N) is 1. The van der Waals surface area contributed by atoms with Gasteiger partial charge in [-0.3, -0.25) is 9.79 Å². The van der Waals surface area contributed by atoms with Crippen LogP contribution in [0.3, 0.4) is 0 Å². The molecule has 168 valence electrons. The fourth-order valence-corrected chi connectivity index (χ4v) is 5.15. The van der Waals surface area contributed by atoms with Crippen molar-refractivity contribution in [3.05, 3.63) is 81.4 Å². The van der Waals surface area contributed by atoms with E-state index in [-0.39, 0.29) is 11.4 Å². The maximum Gasteiger partial charge on any atom is 0.418 e. The molecule has 10 heteroatoms. The van der Waals surface area contributed by atoms with E-state index in [1.807, 2.05) is 42.5 Å². The van der Waals surface area contributed by atoms with E-state index in [0.717, 1.165) is 31.1 Å². The van der Waals surface area contributed by atoms with Crippen molar-refractivity contribution in [2.75, 3.05) is 11.1 Å². The van der Waals surface area contributed by atoms with Gasteiger partial charge in [0.05, 0.1) is 32.9 Å². The lowest BCUT2D eigenvalue weighted by atomic mass is 10.1. The Morgan fingerprint density at radius 3 is 2.64 bits per heavy atom. The summed E-state index contributed by atoms with van der Waals surface area (Å²) in [6, 6.07) is 18.5. The molecule has 0 fully saturated rings. The summed E-state index contributed by atoms with van der Waals surface area (Å²) < 4.78 is 42.0. The van der Waals surface area contributed by atoms with Crippen LogP contribution >= 0.6 is 45.7 Å². The minimum Gasteiger partial charge on any atom is -0.325 e. The number of carbonyl (C=O) groups excluding carboxylic acids is 1. The molecular formula is C23H15F3IN3OS2. The highest BCUT2D eigenvalue weighted by Crippen LogP contribution is 2.35. The lowest BCUT2D eigenvalue weighted by molar-refractivity contribution is -0.137. The van der Waals surface area contributed by atoms with Crippen molar-refractivity contribution in [3.8, 4) is 0 Å². The summed E-state index contributed by atoms with van der Waals surface area (Å²) in [6.07, 6.45) is -2.75. The van der Waals surface area contributed by atoms with E-state index in [1.54, 1.807) is 6.21 Å². The van der Waals surface area contributed by atoms with E-state index < -0.39 is 17.6 Å². The molecule has 33 heavy (non-hydrogen) atoms. The number of hydrogen-bond acceptors (Lipinski definition) is 5. The molecule has 0 saturated heterocycles. The van der Waals surface area contributed by atoms with Gasteiger partial charge >= 0.3 is 6.18 Å². The van der Waals surface area contributed by atoms with E-state index in [9.17, 15) is 18.0 Å². The van der Waals surface area contributed by atoms with Crippen LogP contribution in [0.5, 0.6) is 0 Å². The standard InChI is InChI=1S/C23H15F3IN3OS2/c24-23(25,26)17-3-1-2-4-18(17)29-21(31)13-32-22-30-19-10-9-16(11-20(19)33-22)28-12-14-5-7-15(27)8-6-14/h1-12H,13H2,(H,29,31). The number of hydrogen-bond donors (Lipinski definition) is 1. The number of nitrogens with zero attached hydrogens (tertiary/aromatic N) is 2. The molecule has 0 aliphatic rings. The fourth-order valence-electron chi connectivity index (χ4n) is 2.89. The lowest BCUT2D eigenvalue weighted by Gasteiger charge is -2.13. The maximum absolute atomic E-state index is 13.1. The van der Waals surface area contributed by atoms with Crippen LogP contribution in [-0.4, -0.2) is 22.9 Å². The molecule has 0 bridgehead atoms. The average molecular weight is 597 g/mol. The first-order chi connectivity index (χ1) is 15.8. The molecule has 0 unspecified atom stereocenters. The molecule has 4 rings (SSSR count). The number of carbonyl (C=O) groups is 1. The summed E-state index contributed by atoms with van der Waals surface area (Å²) in [4.78, 5) is 21.2. The molecule has 0 radical (unpaired) electrons. The zero-order chi connectivity index (χ0) is 23.4. The summed E-state index contributed by atoms with van der Waals surface area (Å²) in [6.45, 7) is 0. The summed E-state index contributed by atoms with van der Waals surface area (Å²) in [5.74, 6) is -0.581.